The lowest BCUT2D eigenvalue weighted by Gasteiger charge is -2.01. The van der Waals surface area contributed by atoms with Crippen molar-refractivity contribution in [2.24, 2.45) is 0 Å². The Morgan fingerprint density at radius 1 is 1.45 bits per heavy atom. The monoisotopic (exact) mass is 303 g/mol. The molecule has 20 heavy (non-hydrogen) atoms. The Balaban J connectivity index is 1.75. The van der Waals surface area contributed by atoms with E-state index in [2.05, 4.69) is 14.7 Å². The van der Waals surface area contributed by atoms with Crippen molar-refractivity contribution in [2.45, 2.75) is 24.9 Å². The van der Waals surface area contributed by atoms with Crippen LogP contribution in [0.15, 0.2) is 16.7 Å². The smallest absolute Gasteiger partial charge is 0.452 e. The van der Waals surface area contributed by atoms with Crippen LogP contribution in [0, 0.1) is 0 Å². The maximum Gasteiger partial charge on any atom is 0.452 e. The van der Waals surface area contributed by atoms with Gasteiger partial charge in [-0.05, 0) is 18.9 Å². The molecule has 0 atom stereocenters. The number of nitrogens with zero attached hydrogens (tertiary/aromatic N) is 2. The van der Waals surface area contributed by atoms with Gasteiger partial charge < -0.3 is 4.42 Å². The summed E-state index contributed by atoms with van der Waals surface area (Å²) < 4.78 is 45.4. The molecule has 106 valence electrons. The highest BCUT2D eigenvalue weighted by Crippen LogP contribution is 2.42. The first kappa shape index (κ1) is 13.1. The maximum absolute atomic E-state index is 12.3. The SMILES string of the molecule is O=C(Nc1nc(C(F)(F)F)ns1)c1ccoc1C1CC1. The zero-order valence-electron chi connectivity index (χ0n) is 9.90. The van der Waals surface area contributed by atoms with Gasteiger partial charge in [0, 0.05) is 17.5 Å². The second kappa shape index (κ2) is 4.58. The summed E-state index contributed by atoms with van der Waals surface area (Å²) in [5.74, 6) is -0.994. The van der Waals surface area contributed by atoms with Gasteiger partial charge >= 0.3 is 6.18 Å². The molecule has 1 amide bonds. The Bertz CT molecular complexity index is 645. The fraction of sp³-hybridized carbons (Fsp3) is 0.364. The van der Waals surface area contributed by atoms with E-state index < -0.39 is 17.9 Å². The largest absolute Gasteiger partial charge is 0.468 e. The number of rotatable bonds is 3. The van der Waals surface area contributed by atoms with E-state index in [9.17, 15) is 18.0 Å². The average Bonchev–Trinajstić information content (AvgIpc) is 2.91. The molecule has 2 aromatic heterocycles. The van der Waals surface area contributed by atoms with Crippen LogP contribution in [0.25, 0.3) is 0 Å². The molecule has 2 aromatic rings. The van der Waals surface area contributed by atoms with Crippen molar-refractivity contribution in [2.75, 3.05) is 5.32 Å². The number of hydrogen-bond donors (Lipinski definition) is 1. The molecular weight excluding hydrogens is 295 g/mol. The molecule has 0 saturated heterocycles. The summed E-state index contributed by atoms with van der Waals surface area (Å²) in [6.07, 6.45) is -1.33. The van der Waals surface area contributed by atoms with E-state index in [-0.39, 0.29) is 11.0 Å². The van der Waals surface area contributed by atoms with E-state index >= 15 is 0 Å². The first-order valence-corrected chi connectivity index (χ1v) is 6.52. The van der Waals surface area contributed by atoms with Gasteiger partial charge in [0.2, 0.25) is 11.0 Å². The molecule has 0 bridgehead atoms. The number of furan rings is 1. The first-order chi connectivity index (χ1) is 9.45. The molecule has 1 N–H and O–H groups in total. The maximum atomic E-state index is 12.3. The third-order valence-corrected chi connectivity index (χ3v) is 3.42. The molecule has 0 spiro atoms. The van der Waals surface area contributed by atoms with Gasteiger partial charge in [-0.3, -0.25) is 10.1 Å². The van der Waals surface area contributed by atoms with Gasteiger partial charge in [0.15, 0.2) is 0 Å². The summed E-state index contributed by atoms with van der Waals surface area (Å²) in [5.41, 5.74) is 0.330. The summed E-state index contributed by atoms with van der Waals surface area (Å²) >= 11 is 0.488. The van der Waals surface area contributed by atoms with Gasteiger partial charge in [-0.15, -0.1) is 0 Å². The van der Waals surface area contributed by atoms with Crippen LogP contribution in [0.1, 0.15) is 40.7 Å². The number of halogens is 3. The molecule has 1 aliphatic carbocycles. The minimum absolute atomic E-state index is 0.190. The molecule has 5 nitrogen and oxygen atoms in total. The molecule has 1 fully saturated rings. The van der Waals surface area contributed by atoms with E-state index in [1.165, 1.54) is 12.3 Å². The highest BCUT2D eigenvalue weighted by atomic mass is 32.1. The average molecular weight is 303 g/mol. The summed E-state index contributed by atoms with van der Waals surface area (Å²) in [6, 6.07) is 1.49. The normalized spacial score (nSPS) is 15.3. The first-order valence-electron chi connectivity index (χ1n) is 5.75. The summed E-state index contributed by atoms with van der Waals surface area (Å²) in [5, 5.41) is 2.12. The number of aromatic nitrogens is 2. The van der Waals surface area contributed by atoms with Crippen LogP contribution in [-0.4, -0.2) is 15.3 Å². The molecule has 1 saturated carbocycles. The van der Waals surface area contributed by atoms with Crippen LogP contribution >= 0.6 is 11.5 Å². The van der Waals surface area contributed by atoms with Gasteiger partial charge in [0.25, 0.3) is 5.91 Å². The predicted octanol–water partition coefficient (Wildman–Crippen LogP) is 3.28. The highest BCUT2D eigenvalue weighted by Gasteiger charge is 2.36. The number of carbonyl (C=O) groups is 1. The number of hydrogen-bond acceptors (Lipinski definition) is 5. The van der Waals surface area contributed by atoms with E-state index in [0.29, 0.717) is 22.9 Å². The standard InChI is InChI=1S/C11H8F3N3O2S/c12-11(13,14)9-16-10(20-17-9)15-8(18)6-3-4-19-7(6)5-1-2-5/h3-5H,1-2H2,(H,15,16,17,18). The minimum atomic E-state index is -4.62. The van der Waals surface area contributed by atoms with Crippen molar-refractivity contribution in [3.63, 3.8) is 0 Å². The van der Waals surface area contributed by atoms with Gasteiger partial charge in [-0.25, -0.2) is 0 Å². The Morgan fingerprint density at radius 2 is 2.20 bits per heavy atom. The van der Waals surface area contributed by atoms with Crippen molar-refractivity contribution in [1.29, 1.82) is 0 Å². The van der Waals surface area contributed by atoms with Gasteiger partial charge in [-0.1, -0.05) is 0 Å². The number of amides is 1. The zero-order valence-corrected chi connectivity index (χ0v) is 10.7. The van der Waals surface area contributed by atoms with E-state index in [0.717, 1.165) is 12.8 Å². The Kier molecular flexibility index (Phi) is 3.00. The molecule has 3 rings (SSSR count). The zero-order chi connectivity index (χ0) is 14.3. The number of anilines is 1. The van der Waals surface area contributed by atoms with Crippen LogP contribution in [0.2, 0.25) is 0 Å². The van der Waals surface area contributed by atoms with E-state index in [1.54, 1.807) is 0 Å². The summed E-state index contributed by atoms with van der Waals surface area (Å²) in [7, 11) is 0. The van der Waals surface area contributed by atoms with Crippen LogP contribution < -0.4 is 5.32 Å². The van der Waals surface area contributed by atoms with Crippen molar-refractivity contribution in [3.05, 3.63) is 29.5 Å². The second-order valence-corrected chi connectivity index (χ2v) is 5.10. The van der Waals surface area contributed by atoms with Gasteiger partial charge in [0.05, 0.1) is 11.8 Å². The molecule has 2 heterocycles. The fourth-order valence-corrected chi connectivity index (χ4v) is 2.31. The molecule has 0 radical (unpaired) electrons. The predicted molar refractivity (Wildman–Crippen MR) is 63.5 cm³/mol. The topological polar surface area (TPSA) is 68.0 Å². The van der Waals surface area contributed by atoms with Crippen LogP contribution in [0.4, 0.5) is 18.3 Å². The third-order valence-electron chi connectivity index (χ3n) is 2.79. The molecule has 0 aromatic carbocycles. The van der Waals surface area contributed by atoms with Crippen molar-refractivity contribution < 1.29 is 22.4 Å². The molecule has 9 heteroatoms. The Hall–Kier alpha value is -1.90. The summed E-state index contributed by atoms with van der Waals surface area (Å²) in [4.78, 5) is 15.2. The lowest BCUT2D eigenvalue weighted by Crippen LogP contribution is -2.13. The van der Waals surface area contributed by atoms with Gasteiger partial charge in [-0.2, -0.15) is 22.5 Å². The summed E-state index contributed by atoms with van der Waals surface area (Å²) in [6.45, 7) is 0. The number of nitrogens with one attached hydrogen (secondary N) is 1. The van der Waals surface area contributed by atoms with Crippen molar-refractivity contribution >= 4 is 22.6 Å². The van der Waals surface area contributed by atoms with Crippen LogP contribution in [0.5, 0.6) is 0 Å². The number of carbonyl (C=O) groups excluding carboxylic acids is 1. The van der Waals surface area contributed by atoms with Crippen LogP contribution in [0.3, 0.4) is 0 Å². The molecule has 0 unspecified atom stereocenters. The van der Waals surface area contributed by atoms with Crippen molar-refractivity contribution in [1.82, 2.24) is 9.36 Å². The molecular formula is C11H8F3N3O2S. The lowest BCUT2D eigenvalue weighted by atomic mass is 10.2. The Labute approximate surface area is 115 Å². The van der Waals surface area contributed by atoms with Gasteiger partial charge in [0.1, 0.15) is 5.76 Å². The van der Waals surface area contributed by atoms with E-state index in [1.807, 2.05) is 0 Å². The second-order valence-electron chi connectivity index (χ2n) is 4.35. The van der Waals surface area contributed by atoms with Crippen LogP contribution in [-0.2, 0) is 6.18 Å². The minimum Gasteiger partial charge on any atom is -0.468 e. The van der Waals surface area contributed by atoms with E-state index in [4.69, 9.17) is 4.42 Å². The number of alkyl halides is 3. The lowest BCUT2D eigenvalue weighted by molar-refractivity contribution is -0.144. The Morgan fingerprint density at radius 3 is 2.80 bits per heavy atom. The quantitative estimate of drug-likeness (QED) is 0.944. The molecule has 0 aliphatic heterocycles. The highest BCUT2D eigenvalue weighted by molar-refractivity contribution is 7.09. The fourth-order valence-electron chi connectivity index (χ4n) is 1.72. The third kappa shape index (κ3) is 2.53. The van der Waals surface area contributed by atoms with Crippen molar-refractivity contribution in [3.8, 4) is 0 Å². The molecule has 1 aliphatic rings.